The molecule has 1 N–H and O–H groups in total. The van der Waals surface area contributed by atoms with Gasteiger partial charge in [0.05, 0.1) is 0 Å². The third-order valence-electron chi connectivity index (χ3n) is 2.84. The third-order valence-corrected chi connectivity index (χ3v) is 3.48. The van der Waals surface area contributed by atoms with Gasteiger partial charge in [-0.3, -0.25) is 4.79 Å². The van der Waals surface area contributed by atoms with Crippen molar-refractivity contribution >= 4 is 17.7 Å². The molecule has 1 amide bonds. The third kappa shape index (κ3) is 3.97. The number of phenols is 1. The highest BCUT2D eigenvalue weighted by molar-refractivity contribution is 7.98. The second kappa shape index (κ2) is 6.55. The summed E-state index contributed by atoms with van der Waals surface area (Å²) < 4.78 is 0. The Morgan fingerprint density at radius 3 is 2.53 bits per heavy atom. The summed E-state index contributed by atoms with van der Waals surface area (Å²) in [5, 5.41) is 9.17. The molecule has 17 heavy (non-hydrogen) atoms. The van der Waals surface area contributed by atoms with E-state index < -0.39 is 0 Å². The molecule has 0 heterocycles. The quantitative estimate of drug-likeness (QED) is 0.877. The highest BCUT2D eigenvalue weighted by atomic mass is 32.2. The van der Waals surface area contributed by atoms with E-state index >= 15 is 0 Å². The first kappa shape index (κ1) is 13.9. The van der Waals surface area contributed by atoms with Gasteiger partial charge in [-0.1, -0.05) is 0 Å². The molecule has 0 fully saturated rings. The molecule has 3 nitrogen and oxygen atoms in total. The fourth-order valence-corrected chi connectivity index (χ4v) is 2.07. The van der Waals surface area contributed by atoms with Gasteiger partial charge in [0.25, 0.3) is 5.91 Å². The minimum Gasteiger partial charge on any atom is -0.508 e. The Bertz CT molecular complexity index is 364. The Morgan fingerprint density at radius 2 is 2.00 bits per heavy atom. The number of hydrogen-bond acceptors (Lipinski definition) is 3. The van der Waals surface area contributed by atoms with Crippen molar-refractivity contribution in [1.82, 2.24) is 4.90 Å². The first-order valence-corrected chi connectivity index (χ1v) is 7.00. The molecule has 1 unspecified atom stereocenters. The van der Waals surface area contributed by atoms with Gasteiger partial charge in [0.2, 0.25) is 0 Å². The zero-order chi connectivity index (χ0) is 12.8. The van der Waals surface area contributed by atoms with E-state index in [1.807, 2.05) is 7.05 Å². The van der Waals surface area contributed by atoms with Crippen LogP contribution in [-0.2, 0) is 0 Å². The molecule has 0 spiro atoms. The molecule has 0 saturated carbocycles. The topological polar surface area (TPSA) is 40.5 Å². The van der Waals surface area contributed by atoms with E-state index in [9.17, 15) is 9.90 Å². The highest BCUT2D eigenvalue weighted by Gasteiger charge is 2.16. The van der Waals surface area contributed by atoms with Crippen LogP contribution in [0.25, 0.3) is 0 Å². The first-order valence-electron chi connectivity index (χ1n) is 5.61. The van der Waals surface area contributed by atoms with Gasteiger partial charge in [0.1, 0.15) is 5.75 Å². The average Bonchev–Trinajstić information content (AvgIpc) is 2.35. The number of nitrogens with zero attached hydrogens (tertiary/aromatic N) is 1. The normalized spacial score (nSPS) is 12.2. The summed E-state index contributed by atoms with van der Waals surface area (Å²) in [5.41, 5.74) is 0.612. The second-order valence-corrected chi connectivity index (χ2v) is 5.08. The molecular formula is C13H19NO2S. The summed E-state index contributed by atoms with van der Waals surface area (Å²) in [6, 6.07) is 6.59. The number of carbonyl (C=O) groups is 1. The lowest BCUT2D eigenvalue weighted by Gasteiger charge is -2.24. The maximum Gasteiger partial charge on any atom is 0.253 e. The van der Waals surface area contributed by atoms with Crippen LogP contribution in [0.3, 0.4) is 0 Å². The van der Waals surface area contributed by atoms with E-state index in [0.717, 1.165) is 12.2 Å². The van der Waals surface area contributed by atoms with E-state index in [1.165, 1.54) is 12.1 Å². The molecule has 0 aromatic heterocycles. The molecule has 0 aliphatic heterocycles. The summed E-state index contributed by atoms with van der Waals surface area (Å²) in [4.78, 5) is 13.9. The van der Waals surface area contributed by atoms with Gasteiger partial charge >= 0.3 is 0 Å². The highest BCUT2D eigenvalue weighted by Crippen LogP contribution is 2.14. The zero-order valence-electron chi connectivity index (χ0n) is 10.5. The molecular weight excluding hydrogens is 234 g/mol. The molecule has 1 aromatic rings. The average molecular weight is 253 g/mol. The van der Waals surface area contributed by atoms with E-state index in [-0.39, 0.29) is 17.7 Å². The van der Waals surface area contributed by atoms with Crippen LogP contribution in [0.4, 0.5) is 0 Å². The fourth-order valence-electron chi connectivity index (χ4n) is 1.49. The van der Waals surface area contributed by atoms with Gasteiger partial charge in [-0.05, 0) is 49.6 Å². The largest absolute Gasteiger partial charge is 0.508 e. The standard InChI is InChI=1S/C13H19NO2S/c1-10(8-9-17-3)14(2)13(16)11-4-6-12(15)7-5-11/h4-7,10,15H,8-9H2,1-3H3. The summed E-state index contributed by atoms with van der Waals surface area (Å²) >= 11 is 1.79. The van der Waals surface area contributed by atoms with Crippen LogP contribution in [-0.4, -0.2) is 41.0 Å². The molecule has 0 radical (unpaired) electrons. The molecule has 1 rings (SSSR count). The Hall–Kier alpha value is -1.16. The van der Waals surface area contributed by atoms with Crippen LogP contribution in [0, 0.1) is 0 Å². The molecule has 4 heteroatoms. The van der Waals surface area contributed by atoms with Crippen LogP contribution in [0.5, 0.6) is 5.75 Å². The fraction of sp³-hybridized carbons (Fsp3) is 0.462. The Kier molecular flexibility index (Phi) is 5.35. The lowest BCUT2D eigenvalue weighted by Crippen LogP contribution is -2.35. The number of benzene rings is 1. The number of carbonyl (C=O) groups excluding carboxylic acids is 1. The predicted octanol–water partition coefficient (Wildman–Crippen LogP) is 2.61. The van der Waals surface area contributed by atoms with Crippen LogP contribution in [0.2, 0.25) is 0 Å². The molecule has 94 valence electrons. The molecule has 0 aliphatic carbocycles. The minimum absolute atomic E-state index is 0.00129. The lowest BCUT2D eigenvalue weighted by molar-refractivity contribution is 0.0741. The van der Waals surface area contributed by atoms with E-state index in [1.54, 1.807) is 28.8 Å². The maximum atomic E-state index is 12.1. The zero-order valence-corrected chi connectivity index (χ0v) is 11.3. The predicted molar refractivity (Wildman–Crippen MR) is 72.7 cm³/mol. The summed E-state index contributed by atoms with van der Waals surface area (Å²) in [6.45, 7) is 2.05. The Morgan fingerprint density at radius 1 is 1.41 bits per heavy atom. The van der Waals surface area contributed by atoms with Crippen molar-refractivity contribution in [3.8, 4) is 5.75 Å². The summed E-state index contributed by atoms with van der Waals surface area (Å²) in [5.74, 6) is 1.23. The van der Waals surface area contributed by atoms with Gasteiger partial charge in [-0.2, -0.15) is 11.8 Å². The van der Waals surface area contributed by atoms with Crippen molar-refractivity contribution < 1.29 is 9.90 Å². The van der Waals surface area contributed by atoms with E-state index in [4.69, 9.17) is 0 Å². The van der Waals surface area contributed by atoms with Gasteiger partial charge in [0, 0.05) is 18.7 Å². The molecule has 1 aromatic carbocycles. The van der Waals surface area contributed by atoms with Gasteiger partial charge in [-0.25, -0.2) is 0 Å². The SMILES string of the molecule is CSCCC(C)N(C)C(=O)c1ccc(O)cc1. The summed E-state index contributed by atoms with van der Waals surface area (Å²) in [6.07, 6.45) is 3.05. The Balaban J connectivity index is 2.65. The van der Waals surface area contributed by atoms with Gasteiger partial charge in [-0.15, -0.1) is 0 Å². The van der Waals surface area contributed by atoms with Crippen molar-refractivity contribution in [3.05, 3.63) is 29.8 Å². The first-order chi connectivity index (χ1) is 8.06. The number of aromatic hydroxyl groups is 1. The number of hydrogen-bond donors (Lipinski definition) is 1. The van der Waals surface area contributed by atoms with E-state index in [0.29, 0.717) is 5.56 Å². The van der Waals surface area contributed by atoms with Crippen LogP contribution < -0.4 is 0 Å². The number of amides is 1. The lowest BCUT2D eigenvalue weighted by atomic mass is 10.1. The Labute approximate surface area is 107 Å². The van der Waals surface area contributed by atoms with Crippen molar-refractivity contribution in [2.45, 2.75) is 19.4 Å². The van der Waals surface area contributed by atoms with Crippen molar-refractivity contribution in [2.75, 3.05) is 19.1 Å². The van der Waals surface area contributed by atoms with Crippen LogP contribution >= 0.6 is 11.8 Å². The molecule has 0 bridgehead atoms. The second-order valence-electron chi connectivity index (χ2n) is 4.09. The number of phenolic OH excluding ortho intramolecular Hbond substituents is 1. The molecule has 1 atom stereocenters. The monoisotopic (exact) mass is 253 g/mol. The van der Waals surface area contributed by atoms with Crippen molar-refractivity contribution in [1.29, 1.82) is 0 Å². The number of rotatable bonds is 5. The van der Waals surface area contributed by atoms with E-state index in [2.05, 4.69) is 13.2 Å². The maximum absolute atomic E-state index is 12.1. The smallest absolute Gasteiger partial charge is 0.253 e. The van der Waals surface area contributed by atoms with Crippen LogP contribution in [0.1, 0.15) is 23.7 Å². The van der Waals surface area contributed by atoms with Gasteiger partial charge < -0.3 is 10.0 Å². The molecule has 0 aliphatic rings. The van der Waals surface area contributed by atoms with Crippen molar-refractivity contribution in [2.24, 2.45) is 0 Å². The minimum atomic E-state index is -0.00129. The van der Waals surface area contributed by atoms with Crippen LogP contribution in [0.15, 0.2) is 24.3 Å². The number of thioether (sulfide) groups is 1. The molecule has 0 saturated heterocycles. The van der Waals surface area contributed by atoms with Crippen molar-refractivity contribution in [3.63, 3.8) is 0 Å². The summed E-state index contributed by atoms with van der Waals surface area (Å²) in [7, 11) is 1.82. The van der Waals surface area contributed by atoms with Gasteiger partial charge in [0.15, 0.2) is 0 Å².